The lowest BCUT2D eigenvalue weighted by molar-refractivity contribution is -0.170. The summed E-state index contributed by atoms with van der Waals surface area (Å²) < 4.78 is 50.6. The van der Waals surface area contributed by atoms with Gasteiger partial charge in [-0.25, -0.2) is 8.78 Å². The van der Waals surface area contributed by atoms with Crippen LogP contribution in [0, 0.1) is 0 Å². The van der Waals surface area contributed by atoms with Gasteiger partial charge in [0.15, 0.2) is 0 Å². The van der Waals surface area contributed by atoms with Gasteiger partial charge in [-0.15, -0.1) is 0 Å². The van der Waals surface area contributed by atoms with E-state index in [2.05, 4.69) is 5.32 Å². The van der Waals surface area contributed by atoms with Crippen molar-refractivity contribution in [3.8, 4) is 0 Å². The number of amides is 2. The Kier molecular flexibility index (Phi) is 4.75. The van der Waals surface area contributed by atoms with Crippen LogP contribution in [0.2, 0.25) is 0 Å². The van der Waals surface area contributed by atoms with E-state index < -0.39 is 42.8 Å². The first-order chi connectivity index (χ1) is 8.74. The Morgan fingerprint density at radius 3 is 2.26 bits per heavy atom. The second-order valence-electron chi connectivity index (χ2n) is 4.42. The summed E-state index contributed by atoms with van der Waals surface area (Å²) in [6, 6.07) is -2.05. The number of piperazine rings is 1. The number of halogens is 4. The summed E-state index contributed by atoms with van der Waals surface area (Å²) in [5.74, 6) is -5.65. The Bertz CT molecular complexity index is 363. The lowest BCUT2D eigenvalue weighted by Gasteiger charge is -2.39. The normalized spacial score (nSPS) is 24.9. The molecule has 1 heterocycles. The van der Waals surface area contributed by atoms with E-state index in [0.29, 0.717) is 4.90 Å². The predicted molar refractivity (Wildman–Crippen MR) is 59.0 cm³/mol. The molecule has 2 amide bonds. The molecule has 1 N–H and O–H groups in total. The van der Waals surface area contributed by atoms with Crippen LogP contribution in [0.4, 0.5) is 17.6 Å². The minimum Gasteiger partial charge on any atom is -0.343 e. The standard InChI is InChI=1S/C11H16F4N2O2/c1-3-6-9(19)17(5-11(14,15)10(12)13)7(4-2)8(18)16-6/h6-7,10H,3-5H2,1-2H3,(H,16,18). The zero-order chi connectivity index (χ0) is 14.8. The molecule has 1 rings (SSSR count). The molecule has 1 fully saturated rings. The summed E-state index contributed by atoms with van der Waals surface area (Å²) in [5.41, 5.74) is 0. The number of nitrogens with zero attached hydrogens (tertiary/aromatic N) is 1. The summed E-state index contributed by atoms with van der Waals surface area (Å²) in [4.78, 5) is 24.1. The zero-order valence-electron chi connectivity index (χ0n) is 10.6. The summed E-state index contributed by atoms with van der Waals surface area (Å²) in [7, 11) is 0. The van der Waals surface area contributed by atoms with E-state index in [9.17, 15) is 27.2 Å². The van der Waals surface area contributed by atoms with E-state index in [0.717, 1.165) is 0 Å². The summed E-state index contributed by atoms with van der Waals surface area (Å²) in [5, 5.41) is 2.40. The van der Waals surface area contributed by atoms with Gasteiger partial charge in [0.2, 0.25) is 11.8 Å². The van der Waals surface area contributed by atoms with E-state index in [-0.39, 0.29) is 12.8 Å². The van der Waals surface area contributed by atoms with Crippen LogP contribution in [0.15, 0.2) is 0 Å². The van der Waals surface area contributed by atoms with Gasteiger partial charge in [-0.2, -0.15) is 8.78 Å². The van der Waals surface area contributed by atoms with E-state index in [1.54, 1.807) is 6.92 Å². The number of alkyl halides is 4. The van der Waals surface area contributed by atoms with E-state index >= 15 is 0 Å². The van der Waals surface area contributed by atoms with Gasteiger partial charge >= 0.3 is 12.3 Å². The molecule has 4 nitrogen and oxygen atoms in total. The molecular weight excluding hydrogens is 268 g/mol. The van der Waals surface area contributed by atoms with Crippen molar-refractivity contribution in [2.75, 3.05) is 6.54 Å². The summed E-state index contributed by atoms with van der Waals surface area (Å²) in [6.07, 6.45) is -3.56. The molecule has 0 aromatic heterocycles. The van der Waals surface area contributed by atoms with Crippen LogP contribution in [0.5, 0.6) is 0 Å². The number of hydrogen-bond donors (Lipinski definition) is 1. The van der Waals surface area contributed by atoms with E-state index in [4.69, 9.17) is 0 Å². The monoisotopic (exact) mass is 284 g/mol. The topological polar surface area (TPSA) is 49.4 Å². The molecule has 110 valence electrons. The summed E-state index contributed by atoms with van der Waals surface area (Å²) in [6.45, 7) is 1.68. The highest BCUT2D eigenvalue weighted by atomic mass is 19.3. The van der Waals surface area contributed by atoms with E-state index in [1.807, 2.05) is 0 Å². The molecule has 0 aromatic rings. The van der Waals surface area contributed by atoms with Crippen molar-refractivity contribution in [3.63, 3.8) is 0 Å². The van der Waals surface area contributed by atoms with Crippen LogP contribution in [0.25, 0.3) is 0 Å². The highest BCUT2D eigenvalue weighted by molar-refractivity contribution is 5.96. The quantitative estimate of drug-likeness (QED) is 0.776. The average molecular weight is 284 g/mol. The molecular formula is C11H16F4N2O2. The minimum absolute atomic E-state index is 0.0906. The maximum atomic E-state index is 13.1. The number of carbonyl (C=O) groups is 2. The van der Waals surface area contributed by atoms with Crippen LogP contribution in [0.1, 0.15) is 26.7 Å². The Balaban J connectivity index is 2.97. The Morgan fingerprint density at radius 1 is 1.26 bits per heavy atom. The predicted octanol–water partition coefficient (Wildman–Crippen LogP) is 1.40. The molecule has 1 saturated heterocycles. The SMILES string of the molecule is CCC1NC(=O)C(CC)N(CC(F)(F)C(F)F)C1=O. The largest absolute Gasteiger partial charge is 0.343 e. The first-order valence-corrected chi connectivity index (χ1v) is 6.01. The van der Waals surface area contributed by atoms with Crippen LogP contribution < -0.4 is 5.32 Å². The first kappa shape index (κ1) is 15.7. The van der Waals surface area contributed by atoms with Gasteiger partial charge in [-0.05, 0) is 12.8 Å². The molecule has 1 aliphatic heterocycles. The van der Waals surface area contributed by atoms with Gasteiger partial charge in [0.1, 0.15) is 12.1 Å². The van der Waals surface area contributed by atoms with Crippen LogP contribution in [-0.2, 0) is 9.59 Å². The summed E-state index contributed by atoms with van der Waals surface area (Å²) >= 11 is 0. The smallest absolute Gasteiger partial charge is 0.324 e. The highest BCUT2D eigenvalue weighted by Gasteiger charge is 2.48. The maximum Gasteiger partial charge on any atom is 0.324 e. The zero-order valence-corrected chi connectivity index (χ0v) is 10.6. The average Bonchev–Trinajstić information content (AvgIpc) is 2.33. The molecule has 0 radical (unpaired) electrons. The van der Waals surface area contributed by atoms with Gasteiger partial charge in [-0.1, -0.05) is 13.8 Å². The molecule has 2 unspecified atom stereocenters. The fraction of sp³-hybridized carbons (Fsp3) is 0.818. The van der Waals surface area contributed by atoms with Crippen molar-refractivity contribution < 1.29 is 27.2 Å². The van der Waals surface area contributed by atoms with Crippen LogP contribution >= 0.6 is 0 Å². The first-order valence-electron chi connectivity index (χ1n) is 6.01. The fourth-order valence-corrected chi connectivity index (χ4v) is 1.99. The third-order valence-electron chi connectivity index (χ3n) is 3.07. The van der Waals surface area contributed by atoms with Crippen molar-refractivity contribution in [2.24, 2.45) is 0 Å². The van der Waals surface area contributed by atoms with Gasteiger partial charge < -0.3 is 10.2 Å². The number of hydrogen-bond acceptors (Lipinski definition) is 2. The highest BCUT2D eigenvalue weighted by Crippen LogP contribution is 2.27. The van der Waals surface area contributed by atoms with Crippen molar-refractivity contribution in [1.29, 1.82) is 0 Å². The van der Waals surface area contributed by atoms with Crippen molar-refractivity contribution >= 4 is 11.8 Å². The van der Waals surface area contributed by atoms with Gasteiger partial charge in [-0.3, -0.25) is 9.59 Å². The van der Waals surface area contributed by atoms with Gasteiger partial charge in [0.25, 0.3) is 0 Å². The second kappa shape index (κ2) is 5.75. The number of nitrogens with one attached hydrogen (secondary N) is 1. The van der Waals surface area contributed by atoms with Crippen molar-refractivity contribution in [1.82, 2.24) is 10.2 Å². The third-order valence-corrected chi connectivity index (χ3v) is 3.07. The lowest BCUT2D eigenvalue weighted by atomic mass is 10.0. The molecule has 0 spiro atoms. The molecule has 0 saturated carbocycles. The molecule has 0 aromatic carbocycles. The second-order valence-corrected chi connectivity index (χ2v) is 4.42. The van der Waals surface area contributed by atoms with Crippen molar-refractivity contribution in [2.45, 2.75) is 51.1 Å². The van der Waals surface area contributed by atoms with E-state index in [1.165, 1.54) is 6.92 Å². The molecule has 8 heteroatoms. The Morgan fingerprint density at radius 2 is 1.84 bits per heavy atom. The Labute approximate surface area is 108 Å². The third kappa shape index (κ3) is 3.16. The van der Waals surface area contributed by atoms with Gasteiger partial charge in [0, 0.05) is 0 Å². The number of rotatable bonds is 5. The van der Waals surface area contributed by atoms with Gasteiger partial charge in [0.05, 0.1) is 6.54 Å². The van der Waals surface area contributed by atoms with Crippen LogP contribution in [0.3, 0.4) is 0 Å². The number of carbonyl (C=O) groups excluding carboxylic acids is 2. The maximum absolute atomic E-state index is 13.1. The Hall–Kier alpha value is -1.34. The van der Waals surface area contributed by atoms with Crippen LogP contribution in [-0.4, -0.2) is 47.7 Å². The molecule has 0 aliphatic carbocycles. The molecule has 2 atom stereocenters. The fourth-order valence-electron chi connectivity index (χ4n) is 1.99. The van der Waals surface area contributed by atoms with Crippen molar-refractivity contribution in [3.05, 3.63) is 0 Å². The molecule has 1 aliphatic rings. The molecule has 0 bridgehead atoms. The molecule has 19 heavy (non-hydrogen) atoms. The minimum atomic E-state index is -4.32. The lowest BCUT2D eigenvalue weighted by Crippen LogP contribution is -2.65.